The van der Waals surface area contributed by atoms with Gasteiger partial charge in [0.2, 0.25) is 5.95 Å². The largest absolute Gasteiger partial charge is 0.332 e. The summed E-state index contributed by atoms with van der Waals surface area (Å²) < 4.78 is 0. The van der Waals surface area contributed by atoms with Gasteiger partial charge < -0.3 is 14.7 Å². The number of likely N-dealkylation sites (tertiary alicyclic amines) is 1. The molecule has 4 fully saturated rings. The van der Waals surface area contributed by atoms with Crippen molar-refractivity contribution in [3.63, 3.8) is 0 Å². The lowest BCUT2D eigenvalue weighted by Crippen LogP contribution is -2.53. The Morgan fingerprint density at radius 3 is 2.32 bits per heavy atom. The van der Waals surface area contributed by atoms with Gasteiger partial charge in [-0.3, -0.25) is 4.79 Å². The second-order valence-electron chi connectivity index (χ2n) is 11.5. The summed E-state index contributed by atoms with van der Waals surface area (Å²) in [4.78, 5) is 29.0. The van der Waals surface area contributed by atoms with Crippen molar-refractivity contribution in [3.05, 3.63) is 18.0 Å². The third-order valence-electron chi connectivity index (χ3n) is 8.38. The summed E-state index contributed by atoms with van der Waals surface area (Å²) in [7, 11) is 4.44. The van der Waals surface area contributed by atoms with Crippen molar-refractivity contribution in [3.8, 4) is 0 Å². The van der Waals surface area contributed by atoms with Crippen molar-refractivity contribution in [2.45, 2.75) is 71.0 Å². The first kappa shape index (κ1) is 21.3. The molecule has 0 aromatic carbocycles. The predicted molar refractivity (Wildman–Crippen MR) is 123 cm³/mol. The zero-order valence-corrected chi connectivity index (χ0v) is 19.8. The van der Waals surface area contributed by atoms with Crippen LogP contribution in [0.25, 0.3) is 0 Å². The predicted octanol–water partition coefficient (Wildman–Crippen LogP) is 3.22. The molecule has 1 spiro atoms. The van der Waals surface area contributed by atoms with Crippen LogP contribution in [0.3, 0.4) is 0 Å². The van der Waals surface area contributed by atoms with Gasteiger partial charge in [0, 0.05) is 68.1 Å². The minimum Gasteiger partial charge on any atom is -0.332 e. The van der Waals surface area contributed by atoms with E-state index in [-0.39, 0.29) is 5.92 Å². The third kappa shape index (κ3) is 4.13. The molecule has 31 heavy (non-hydrogen) atoms. The SMILES string of the molecule is CC(C)C(=O)[C@H]1CC2(C[C@@H](CN(C)Cc3cnc(N4C5CCC4CN(C)C5)nc3)C2)C1. The van der Waals surface area contributed by atoms with Gasteiger partial charge in [-0.15, -0.1) is 0 Å². The van der Waals surface area contributed by atoms with Gasteiger partial charge in [-0.1, -0.05) is 13.8 Å². The number of carbonyl (C=O) groups excluding carboxylic acids is 1. The molecule has 3 heterocycles. The van der Waals surface area contributed by atoms with E-state index in [4.69, 9.17) is 9.97 Å². The van der Waals surface area contributed by atoms with Crippen LogP contribution in [-0.4, -0.2) is 71.4 Å². The second-order valence-corrected chi connectivity index (χ2v) is 11.5. The molecule has 2 unspecified atom stereocenters. The fraction of sp³-hybridized carbons (Fsp3) is 0.800. The number of nitrogens with zero attached hydrogens (tertiary/aromatic N) is 5. The first-order valence-electron chi connectivity index (χ1n) is 12.3. The number of Topliss-reactive ketones (excluding diaryl/α,β-unsaturated/α-hetero) is 1. The molecule has 6 heteroatoms. The number of piperazine rings is 1. The summed E-state index contributed by atoms with van der Waals surface area (Å²) in [6.07, 6.45) is 11.5. The van der Waals surface area contributed by atoms with Crippen LogP contribution < -0.4 is 4.90 Å². The highest BCUT2D eigenvalue weighted by molar-refractivity contribution is 5.83. The smallest absolute Gasteiger partial charge is 0.225 e. The minimum absolute atomic E-state index is 0.198. The standard InChI is InChI=1S/C25H39N5O/c1-17(2)23(31)20-9-25(10-20)7-18(8-25)13-28(3)14-19-11-26-24(27-12-19)30-21-5-6-22(30)16-29(4)15-21/h11-12,17-18,20-22H,5-10,13-16H2,1-4H3/t18-,20-,21?,22?,25?. The minimum atomic E-state index is 0.198. The van der Waals surface area contributed by atoms with Crippen LogP contribution in [0.15, 0.2) is 12.4 Å². The fourth-order valence-electron chi connectivity index (χ4n) is 7.11. The van der Waals surface area contributed by atoms with E-state index in [1.54, 1.807) is 0 Å². The summed E-state index contributed by atoms with van der Waals surface area (Å²) in [6.45, 7) is 8.37. The normalized spacial score (nSPS) is 35.0. The van der Waals surface area contributed by atoms with Gasteiger partial charge >= 0.3 is 0 Å². The van der Waals surface area contributed by atoms with Gasteiger partial charge in [0.25, 0.3) is 0 Å². The molecule has 0 radical (unpaired) electrons. The maximum Gasteiger partial charge on any atom is 0.225 e. The molecule has 2 bridgehead atoms. The lowest BCUT2D eigenvalue weighted by molar-refractivity contribution is -0.142. The van der Waals surface area contributed by atoms with Crippen molar-refractivity contribution < 1.29 is 4.79 Å². The van der Waals surface area contributed by atoms with Crippen molar-refractivity contribution >= 4 is 11.7 Å². The molecule has 2 aliphatic carbocycles. The van der Waals surface area contributed by atoms with Crippen LogP contribution in [0, 0.1) is 23.2 Å². The van der Waals surface area contributed by atoms with Gasteiger partial charge in [0.05, 0.1) is 0 Å². The summed E-state index contributed by atoms with van der Waals surface area (Å²) in [5.74, 6) is 2.73. The number of fused-ring (bicyclic) bond motifs is 2. The van der Waals surface area contributed by atoms with E-state index >= 15 is 0 Å². The zero-order chi connectivity index (χ0) is 21.8. The van der Waals surface area contributed by atoms with Gasteiger partial charge in [0.1, 0.15) is 5.78 Å². The highest BCUT2D eigenvalue weighted by atomic mass is 16.1. The molecule has 1 aromatic rings. The summed E-state index contributed by atoms with van der Waals surface area (Å²) in [6, 6.07) is 1.15. The lowest BCUT2D eigenvalue weighted by atomic mass is 9.47. The Labute approximate surface area is 187 Å². The van der Waals surface area contributed by atoms with Gasteiger partial charge in [-0.25, -0.2) is 9.97 Å². The van der Waals surface area contributed by atoms with Crippen molar-refractivity contribution in [1.29, 1.82) is 0 Å². The van der Waals surface area contributed by atoms with E-state index in [0.29, 0.717) is 29.2 Å². The zero-order valence-electron chi connectivity index (χ0n) is 19.8. The van der Waals surface area contributed by atoms with E-state index < -0.39 is 0 Å². The Balaban J connectivity index is 1.08. The number of hydrogen-bond donors (Lipinski definition) is 0. The van der Waals surface area contributed by atoms with E-state index in [9.17, 15) is 4.79 Å². The van der Waals surface area contributed by atoms with Crippen molar-refractivity contribution in [2.75, 3.05) is 38.6 Å². The molecular weight excluding hydrogens is 386 g/mol. The Hall–Kier alpha value is -1.53. The Bertz CT molecular complexity index is 781. The van der Waals surface area contributed by atoms with E-state index in [0.717, 1.165) is 50.9 Å². The molecular formula is C25H39N5O. The molecule has 5 rings (SSSR count). The number of carbonyl (C=O) groups is 1. The van der Waals surface area contributed by atoms with Crippen LogP contribution >= 0.6 is 0 Å². The Kier molecular flexibility index (Phi) is 5.58. The first-order chi connectivity index (χ1) is 14.8. The monoisotopic (exact) mass is 425 g/mol. The summed E-state index contributed by atoms with van der Waals surface area (Å²) in [5, 5.41) is 0. The topological polar surface area (TPSA) is 52.6 Å². The van der Waals surface area contributed by atoms with E-state index in [1.807, 2.05) is 26.2 Å². The van der Waals surface area contributed by atoms with Crippen LogP contribution in [0.5, 0.6) is 0 Å². The van der Waals surface area contributed by atoms with Crippen LogP contribution in [0.2, 0.25) is 0 Å². The highest BCUT2D eigenvalue weighted by Crippen LogP contribution is 2.61. The van der Waals surface area contributed by atoms with Crippen molar-refractivity contribution in [2.24, 2.45) is 23.2 Å². The number of ketones is 1. The van der Waals surface area contributed by atoms with E-state index in [1.165, 1.54) is 31.2 Å². The van der Waals surface area contributed by atoms with Crippen molar-refractivity contribution in [1.82, 2.24) is 19.8 Å². The molecule has 2 saturated carbocycles. The molecule has 2 saturated heterocycles. The molecule has 4 aliphatic rings. The average molecular weight is 426 g/mol. The van der Waals surface area contributed by atoms with Gasteiger partial charge in [-0.2, -0.15) is 0 Å². The maximum atomic E-state index is 12.2. The molecule has 1 aromatic heterocycles. The van der Waals surface area contributed by atoms with Gasteiger partial charge in [-0.05, 0) is 64.0 Å². The quantitative estimate of drug-likeness (QED) is 0.669. The summed E-state index contributed by atoms with van der Waals surface area (Å²) >= 11 is 0. The molecule has 0 N–H and O–H groups in total. The molecule has 0 amide bonds. The maximum absolute atomic E-state index is 12.2. The second kappa shape index (κ2) is 8.11. The fourth-order valence-corrected chi connectivity index (χ4v) is 7.11. The first-order valence-corrected chi connectivity index (χ1v) is 12.3. The molecule has 6 nitrogen and oxygen atoms in total. The Morgan fingerprint density at radius 2 is 1.74 bits per heavy atom. The van der Waals surface area contributed by atoms with E-state index in [2.05, 4.69) is 28.8 Å². The number of rotatable bonds is 7. The van der Waals surface area contributed by atoms with Crippen LogP contribution in [-0.2, 0) is 11.3 Å². The van der Waals surface area contributed by atoms with Crippen LogP contribution in [0.1, 0.15) is 57.9 Å². The number of hydrogen-bond acceptors (Lipinski definition) is 6. The molecule has 2 aliphatic heterocycles. The number of likely N-dealkylation sites (N-methyl/N-ethyl adjacent to an activating group) is 1. The number of aromatic nitrogens is 2. The van der Waals surface area contributed by atoms with Gasteiger partial charge in [0.15, 0.2) is 0 Å². The molecule has 2 atom stereocenters. The third-order valence-corrected chi connectivity index (χ3v) is 8.38. The number of anilines is 1. The molecule has 170 valence electrons. The Morgan fingerprint density at radius 1 is 1.13 bits per heavy atom. The highest BCUT2D eigenvalue weighted by Gasteiger charge is 2.54. The lowest BCUT2D eigenvalue weighted by Gasteiger charge is -2.58. The van der Waals surface area contributed by atoms with Crippen LogP contribution in [0.4, 0.5) is 5.95 Å². The average Bonchev–Trinajstić information content (AvgIpc) is 2.93. The summed E-state index contributed by atoms with van der Waals surface area (Å²) in [5.41, 5.74) is 1.71.